The summed E-state index contributed by atoms with van der Waals surface area (Å²) in [6.45, 7) is 0. The number of amides is 1. The standard InChI is InChI=1S/C13H15N3O2/c1-18-11-4-2-3-10(9-11)5-6-12(17)16-13-14-7-8-15-13/h2-4,7-9H,5-6H2,1H3,(H2,14,15,16,17). The Hall–Kier alpha value is -2.30. The number of ether oxygens (including phenoxy) is 1. The van der Waals surface area contributed by atoms with Crippen molar-refractivity contribution in [2.45, 2.75) is 12.8 Å². The lowest BCUT2D eigenvalue weighted by Crippen LogP contribution is -2.13. The first-order valence-corrected chi connectivity index (χ1v) is 5.70. The van der Waals surface area contributed by atoms with Crippen molar-refractivity contribution in [3.63, 3.8) is 0 Å². The number of carbonyl (C=O) groups excluding carboxylic acids is 1. The molecule has 2 N–H and O–H groups in total. The van der Waals surface area contributed by atoms with Crippen LogP contribution in [0.2, 0.25) is 0 Å². The topological polar surface area (TPSA) is 67.0 Å². The first-order chi connectivity index (χ1) is 8.78. The smallest absolute Gasteiger partial charge is 0.227 e. The summed E-state index contributed by atoms with van der Waals surface area (Å²) in [7, 11) is 1.63. The molecule has 0 saturated carbocycles. The number of imidazole rings is 1. The van der Waals surface area contributed by atoms with Crippen molar-refractivity contribution >= 4 is 11.9 Å². The fourth-order valence-corrected chi connectivity index (χ4v) is 1.61. The molecule has 5 heteroatoms. The van der Waals surface area contributed by atoms with Gasteiger partial charge in [-0.25, -0.2) is 4.98 Å². The highest BCUT2D eigenvalue weighted by Gasteiger charge is 2.04. The molecule has 1 amide bonds. The van der Waals surface area contributed by atoms with Gasteiger partial charge in [-0.3, -0.25) is 10.1 Å². The van der Waals surface area contributed by atoms with Crippen LogP contribution in [-0.2, 0) is 11.2 Å². The Bertz CT molecular complexity index is 509. The van der Waals surface area contributed by atoms with E-state index in [9.17, 15) is 4.79 Å². The summed E-state index contributed by atoms with van der Waals surface area (Å²) in [5.74, 6) is 1.22. The summed E-state index contributed by atoms with van der Waals surface area (Å²) < 4.78 is 5.13. The number of aromatic nitrogens is 2. The first kappa shape index (κ1) is 12.2. The number of benzene rings is 1. The van der Waals surface area contributed by atoms with E-state index in [1.165, 1.54) is 0 Å². The predicted octanol–water partition coefficient (Wildman–Crippen LogP) is 1.99. The number of rotatable bonds is 5. The Morgan fingerprint density at radius 1 is 1.50 bits per heavy atom. The van der Waals surface area contributed by atoms with E-state index in [0.29, 0.717) is 18.8 Å². The van der Waals surface area contributed by atoms with Gasteiger partial charge in [0.25, 0.3) is 0 Å². The number of methoxy groups -OCH3 is 1. The Morgan fingerprint density at radius 2 is 2.39 bits per heavy atom. The van der Waals surface area contributed by atoms with E-state index < -0.39 is 0 Å². The number of anilines is 1. The minimum atomic E-state index is -0.0623. The third kappa shape index (κ3) is 3.35. The van der Waals surface area contributed by atoms with Gasteiger partial charge < -0.3 is 9.72 Å². The lowest BCUT2D eigenvalue weighted by atomic mass is 10.1. The minimum absolute atomic E-state index is 0.0623. The van der Waals surface area contributed by atoms with E-state index in [2.05, 4.69) is 15.3 Å². The number of hydrogen-bond acceptors (Lipinski definition) is 3. The molecule has 2 rings (SSSR count). The fourth-order valence-electron chi connectivity index (χ4n) is 1.61. The second-order valence-electron chi connectivity index (χ2n) is 3.84. The molecule has 0 unspecified atom stereocenters. The largest absolute Gasteiger partial charge is 0.497 e. The van der Waals surface area contributed by atoms with Crippen LogP contribution in [0.3, 0.4) is 0 Å². The van der Waals surface area contributed by atoms with Gasteiger partial charge in [0, 0.05) is 18.8 Å². The van der Waals surface area contributed by atoms with Crippen molar-refractivity contribution in [2.75, 3.05) is 12.4 Å². The van der Waals surface area contributed by atoms with E-state index in [4.69, 9.17) is 4.74 Å². The minimum Gasteiger partial charge on any atom is -0.497 e. The molecule has 0 aliphatic rings. The maximum absolute atomic E-state index is 11.6. The second-order valence-corrected chi connectivity index (χ2v) is 3.84. The van der Waals surface area contributed by atoms with Gasteiger partial charge in [-0.1, -0.05) is 12.1 Å². The molecular formula is C13H15N3O2. The summed E-state index contributed by atoms with van der Waals surface area (Å²) in [6.07, 6.45) is 4.34. The van der Waals surface area contributed by atoms with Gasteiger partial charge in [0.2, 0.25) is 11.9 Å². The van der Waals surface area contributed by atoms with E-state index in [1.54, 1.807) is 19.5 Å². The molecule has 0 atom stereocenters. The molecule has 1 aromatic carbocycles. The van der Waals surface area contributed by atoms with Crippen LogP contribution >= 0.6 is 0 Å². The number of aryl methyl sites for hydroxylation is 1. The monoisotopic (exact) mass is 245 g/mol. The molecule has 0 aliphatic heterocycles. The zero-order valence-corrected chi connectivity index (χ0v) is 10.1. The van der Waals surface area contributed by atoms with Gasteiger partial charge in [0.05, 0.1) is 7.11 Å². The predicted molar refractivity (Wildman–Crippen MR) is 68.5 cm³/mol. The van der Waals surface area contributed by atoms with Gasteiger partial charge in [-0.05, 0) is 24.1 Å². The number of hydrogen-bond donors (Lipinski definition) is 2. The quantitative estimate of drug-likeness (QED) is 0.846. The number of nitrogens with one attached hydrogen (secondary N) is 2. The Labute approximate surface area is 105 Å². The Morgan fingerprint density at radius 3 is 3.11 bits per heavy atom. The van der Waals surface area contributed by atoms with Gasteiger partial charge in [0.1, 0.15) is 5.75 Å². The molecule has 94 valence electrons. The van der Waals surface area contributed by atoms with Crippen LogP contribution in [0.15, 0.2) is 36.7 Å². The maximum Gasteiger partial charge on any atom is 0.227 e. The maximum atomic E-state index is 11.6. The number of aromatic amines is 1. The van der Waals surface area contributed by atoms with Crippen molar-refractivity contribution < 1.29 is 9.53 Å². The first-order valence-electron chi connectivity index (χ1n) is 5.70. The highest BCUT2D eigenvalue weighted by Crippen LogP contribution is 2.14. The van der Waals surface area contributed by atoms with Gasteiger partial charge in [-0.2, -0.15) is 0 Å². The third-order valence-electron chi connectivity index (χ3n) is 2.53. The summed E-state index contributed by atoms with van der Waals surface area (Å²) in [6, 6.07) is 7.70. The lowest BCUT2D eigenvalue weighted by Gasteiger charge is -2.04. The zero-order valence-electron chi connectivity index (χ0n) is 10.1. The van der Waals surface area contributed by atoms with Gasteiger partial charge in [-0.15, -0.1) is 0 Å². The normalized spacial score (nSPS) is 10.1. The molecule has 0 saturated heterocycles. The fraction of sp³-hybridized carbons (Fsp3) is 0.231. The highest BCUT2D eigenvalue weighted by atomic mass is 16.5. The van der Waals surface area contributed by atoms with E-state index in [-0.39, 0.29) is 5.91 Å². The van der Waals surface area contributed by atoms with Crippen LogP contribution in [-0.4, -0.2) is 23.0 Å². The third-order valence-corrected chi connectivity index (χ3v) is 2.53. The molecule has 1 heterocycles. The highest BCUT2D eigenvalue weighted by molar-refractivity contribution is 5.89. The van der Waals surface area contributed by atoms with E-state index in [0.717, 1.165) is 11.3 Å². The Kier molecular flexibility index (Phi) is 3.96. The summed E-state index contributed by atoms with van der Waals surface area (Å²) in [5, 5.41) is 2.68. The molecule has 0 fully saturated rings. The van der Waals surface area contributed by atoms with Crippen molar-refractivity contribution in [1.82, 2.24) is 9.97 Å². The van der Waals surface area contributed by atoms with Crippen LogP contribution in [0.4, 0.5) is 5.95 Å². The second kappa shape index (κ2) is 5.86. The number of nitrogens with zero attached hydrogens (tertiary/aromatic N) is 1. The number of carbonyl (C=O) groups is 1. The lowest BCUT2D eigenvalue weighted by molar-refractivity contribution is -0.116. The number of H-pyrrole nitrogens is 1. The summed E-state index contributed by atoms with van der Waals surface area (Å²) in [4.78, 5) is 18.4. The molecule has 0 aliphatic carbocycles. The summed E-state index contributed by atoms with van der Waals surface area (Å²) in [5.41, 5.74) is 1.07. The van der Waals surface area contributed by atoms with Gasteiger partial charge >= 0.3 is 0 Å². The molecule has 0 radical (unpaired) electrons. The molecule has 2 aromatic rings. The van der Waals surface area contributed by atoms with E-state index >= 15 is 0 Å². The van der Waals surface area contributed by atoms with Crippen LogP contribution in [0.1, 0.15) is 12.0 Å². The molecular weight excluding hydrogens is 230 g/mol. The SMILES string of the molecule is COc1cccc(CCC(=O)Nc2ncc[nH]2)c1. The molecule has 0 bridgehead atoms. The molecule has 5 nitrogen and oxygen atoms in total. The van der Waals surface area contributed by atoms with Crippen molar-refractivity contribution in [2.24, 2.45) is 0 Å². The van der Waals surface area contributed by atoms with Crippen molar-refractivity contribution in [3.05, 3.63) is 42.2 Å². The average molecular weight is 245 g/mol. The van der Waals surface area contributed by atoms with Crippen LogP contribution in [0.5, 0.6) is 5.75 Å². The van der Waals surface area contributed by atoms with Crippen LogP contribution < -0.4 is 10.1 Å². The summed E-state index contributed by atoms with van der Waals surface area (Å²) >= 11 is 0. The Balaban J connectivity index is 1.85. The molecule has 0 spiro atoms. The van der Waals surface area contributed by atoms with Gasteiger partial charge in [0.15, 0.2) is 0 Å². The van der Waals surface area contributed by atoms with Crippen LogP contribution in [0.25, 0.3) is 0 Å². The van der Waals surface area contributed by atoms with E-state index in [1.807, 2.05) is 24.3 Å². The van der Waals surface area contributed by atoms with Crippen LogP contribution in [0, 0.1) is 0 Å². The van der Waals surface area contributed by atoms with Crippen molar-refractivity contribution in [1.29, 1.82) is 0 Å². The zero-order chi connectivity index (χ0) is 12.8. The molecule has 1 aromatic heterocycles. The van der Waals surface area contributed by atoms with Crippen molar-refractivity contribution in [3.8, 4) is 5.75 Å². The molecule has 18 heavy (non-hydrogen) atoms. The average Bonchev–Trinajstić information content (AvgIpc) is 2.89.